The third-order valence-electron chi connectivity index (χ3n) is 5.09. The zero-order valence-corrected chi connectivity index (χ0v) is 21.4. The fraction of sp³-hybridized carbons (Fsp3) is 0.148. The minimum absolute atomic E-state index is 0.177. The summed E-state index contributed by atoms with van der Waals surface area (Å²) in [5.41, 5.74) is 2.09. The molecule has 1 aliphatic heterocycles. The second-order valence-electron chi connectivity index (χ2n) is 7.56. The van der Waals surface area contributed by atoms with Crippen molar-refractivity contribution in [3.05, 3.63) is 83.3 Å². The van der Waals surface area contributed by atoms with E-state index in [9.17, 15) is 9.59 Å². The molecule has 9 heteroatoms. The number of rotatable bonds is 9. The van der Waals surface area contributed by atoms with E-state index in [1.165, 1.54) is 16.7 Å². The highest BCUT2D eigenvalue weighted by Crippen LogP contribution is 2.37. The maximum Gasteiger partial charge on any atom is 0.270 e. The Bertz CT molecular complexity index is 1310. The fourth-order valence-corrected chi connectivity index (χ4v) is 4.76. The van der Waals surface area contributed by atoms with Crippen molar-refractivity contribution in [1.82, 2.24) is 0 Å². The SMILES string of the molecule is CCOc1cc(/C=C2\SC(=S)N(c3ccccc3)C2=O)ccc1OCC(=O)Nc1cccc(OC)c1. The van der Waals surface area contributed by atoms with Gasteiger partial charge in [0.25, 0.3) is 11.8 Å². The van der Waals surface area contributed by atoms with E-state index in [0.717, 1.165) is 11.3 Å². The van der Waals surface area contributed by atoms with Crippen molar-refractivity contribution in [3.8, 4) is 17.2 Å². The van der Waals surface area contributed by atoms with Crippen molar-refractivity contribution in [1.29, 1.82) is 0 Å². The van der Waals surface area contributed by atoms with Gasteiger partial charge in [0.1, 0.15) is 5.75 Å². The first-order valence-electron chi connectivity index (χ1n) is 11.1. The summed E-state index contributed by atoms with van der Waals surface area (Å²) < 4.78 is 17.1. The number of carbonyl (C=O) groups excluding carboxylic acids is 2. The molecule has 0 bridgehead atoms. The molecule has 0 aliphatic carbocycles. The molecule has 0 radical (unpaired) electrons. The number of nitrogens with one attached hydrogen (secondary N) is 1. The van der Waals surface area contributed by atoms with Crippen molar-refractivity contribution in [3.63, 3.8) is 0 Å². The van der Waals surface area contributed by atoms with Crippen LogP contribution < -0.4 is 24.4 Å². The van der Waals surface area contributed by atoms with Crippen LogP contribution in [-0.4, -0.2) is 36.5 Å². The molecule has 36 heavy (non-hydrogen) atoms. The molecular formula is C27H24N2O5S2. The molecule has 3 aromatic carbocycles. The number of hydrogen-bond donors (Lipinski definition) is 1. The van der Waals surface area contributed by atoms with Crippen LogP contribution in [0.2, 0.25) is 0 Å². The number of nitrogens with zero attached hydrogens (tertiary/aromatic N) is 1. The minimum Gasteiger partial charge on any atom is -0.497 e. The van der Waals surface area contributed by atoms with Crippen molar-refractivity contribution >= 4 is 57.6 Å². The fourth-order valence-electron chi connectivity index (χ4n) is 3.46. The Kier molecular flexibility index (Phi) is 8.24. The number of benzene rings is 3. The Balaban J connectivity index is 1.46. The molecule has 4 rings (SSSR count). The monoisotopic (exact) mass is 520 g/mol. The van der Waals surface area contributed by atoms with Gasteiger partial charge in [-0.05, 0) is 55.0 Å². The molecule has 1 N–H and O–H groups in total. The topological polar surface area (TPSA) is 77.1 Å². The zero-order valence-electron chi connectivity index (χ0n) is 19.7. The molecule has 3 aromatic rings. The molecule has 1 saturated heterocycles. The third kappa shape index (κ3) is 6.05. The number of carbonyl (C=O) groups is 2. The number of anilines is 2. The van der Waals surface area contributed by atoms with Gasteiger partial charge in [0.2, 0.25) is 0 Å². The summed E-state index contributed by atoms with van der Waals surface area (Å²) in [6.07, 6.45) is 1.77. The van der Waals surface area contributed by atoms with E-state index in [-0.39, 0.29) is 18.4 Å². The molecule has 1 heterocycles. The Hall–Kier alpha value is -3.82. The lowest BCUT2D eigenvalue weighted by molar-refractivity contribution is -0.118. The molecule has 0 unspecified atom stereocenters. The molecule has 7 nitrogen and oxygen atoms in total. The van der Waals surface area contributed by atoms with Crippen LogP contribution in [0.15, 0.2) is 77.7 Å². The van der Waals surface area contributed by atoms with Crippen LogP contribution in [0.5, 0.6) is 17.2 Å². The Morgan fingerprint density at radius 1 is 1.03 bits per heavy atom. The van der Waals surface area contributed by atoms with Gasteiger partial charge < -0.3 is 19.5 Å². The van der Waals surface area contributed by atoms with E-state index in [4.69, 9.17) is 26.4 Å². The summed E-state index contributed by atoms with van der Waals surface area (Å²) >= 11 is 6.69. The van der Waals surface area contributed by atoms with Gasteiger partial charge >= 0.3 is 0 Å². The second-order valence-corrected chi connectivity index (χ2v) is 9.24. The number of thioether (sulfide) groups is 1. The van der Waals surface area contributed by atoms with E-state index in [2.05, 4.69) is 5.32 Å². The Morgan fingerprint density at radius 2 is 1.83 bits per heavy atom. The quantitative estimate of drug-likeness (QED) is 0.294. The van der Waals surface area contributed by atoms with Crippen LogP contribution in [0, 0.1) is 0 Å². The molecule has 0 atom stereocenters. The largest absolute Gasteiger partial charge is 0.497 e. The number of methoxy groups -OCH3 is 1. The average molecular weight is 521 g/mol. The normalized spacial score (nSPS) is 14.2. The average Bonchev–Trinajstić information content (AvgIpc) is 3.16. The van der Waals surface area contributed by atoms with E-state index in [1.807, 2.05) is 37.3 Å². The van der Waals surface area contributed by atoms with Gasteiger partial charge in [-0.15, -0.1) is 0 Å². The maximum absolute atomic E-state index is 13.0. The summed E-state index contributed by atoms with van der Waals surface area (Å²) in [6, 6.07) is 21.7. The minimum atomic E-state index is -0.320. The Labute approximate surface area is 219 Å². The van der Waals surface area contributed by atoms with Crippen LogP contribution in [0.25, 0.3) is 6.08 Å². The predicted octanol–water partition coefficient (Wildman–Crippen LogP) is 5.52. The number of hydrogen-bond acceptors (Lipinski definition) is 7. The predicted molar refractivity (Wildman–Crippen MR) is 147 cm³/mol. The van der Waals surface area contributed by atoms with Crippen molar-refractivity contribution in [2.75, 3.05) is 30.5 Å². The molecule has 0 spiro atoms. The number of thiocarbonyl (C=S) groups is 1. The first kappa shape index (κ1) is 25.3. The van der Waals surface area contributed by atoms with E-state index in [1.54, 1.807) is 55.7 Å². The standard InChI is InChI=1S/C27H24N2O5S2/c1-3-33-23-14-18(15-24-26(31)29(27(35)36-24)20-9-5-4-6-10-20)12-13-22(23)34-17-25(30)28-19-8-7-11-21(16-19)32-2/h4-16H,3,17H2,1-2H3,(H,28,30)/b24-15-. The van der Waals surface area contributed by atoms with Crippen molar-refractivity contribution < 1.29 is 23.8 Å². The van der Waals surface area contributed by atoms with Gasteiger partial charge in [0.15, 0.2) is 22.4 Å². The number of amides is 2. The molecule has 184 valence electrons. The summed E-state index contributed by atoms with van der Waals surface area (Å²) in [5, 5.41) is 2.77. The molecule has 0 aromatic heterocycles. The van der Waals surface area contributed by atoms with Gasteiger partial charge in [0.05, 0.1) is 24.3 Å². The van der Waals surface area contributed by atoms with Crippen LogP contribution in [0.4, 0.5) is 11.4 Å². The first-order chi connectivity index (χ1) is 17.5. The van der Waals surface area contributed by atoms with Gasteiger partial charge in [-0.2, -0.15) is 0 Å². The summed E-state index contributed by atoms with van der Waals surface area (Å²) in [6.45, 7) is 2.06. The molecule has 2 amide bonds. The van der Waals surface area contributed by atoms with E-state index < -0.39 is 0 Å². The zero-order chi connectivity index (χ0) is 25.5. The highest BCUT2D eigenvalue weighted by molar-refractivity contribution is 8.27. The third-order valence-corrected chi connectivity index (χ3v) is 6.39. The summed E-state index contributed by atoms with van der Waals surface area (Å²) in [4.78, 5) is 27.4. The Morgan fingerprint density at radius 3 is 2.58 bits per heavy atom. The van der Waals surface area contributed by atoms with E-state index >= 15 is 0 Å². The van der Waals surface area contributed by atoms with Crippen LogP contribution in [0.3, 0.4) is 0 Å². The lowest BCUT2D eigenvalue weighted by Gasteiger charge is -2.14. The summed E-state index contributed by atoms with van der Waals surface area (Å²) in [5.74, 6) is 1.04. The highest BCUT2D eigenvalue weighted by Gasteiger charge is 2.33. The lowest BCUT2D eigenvalue weighted by Crippen LogP contribution is -2.27. The van der Waals surface area contributed by atoms with E-state index in [0.29, 0.717) is 38.8 Å². The number of ether oxygens (including phenoxy) is 3. The first-order valence-corrected chi connectivity index (χ1v) is 12.4. The molecule has 1 aliphatic rings. The van der Waals surface area contributed by atoms with Crippen molar-refractivity contribution in [2.24, 2.45) is 0 Å². The lowest BCUT2D eigenvalue weighted by atomic mass is 10.1. The van der Waals surface area contributed by atoms with Crippen molar-refractivity contribution in [2.45, 2.75) is 6.92 Å². The van der Waals surface area contributed by atoms with Gasteiger partial charge in [-0.1, -0.05) is 54.3 Å². The van der Waals surface area contributed by atoms with Crippen LogP contribution >= 0.6 is 24.0 Å². The highest BCUT2D eigenvalue weighted by atomic mass is 32.2. The van der Waals surface area contributed by atoms with Gasteiger partial charge in [-0.3, -0.25) is 14.5 Å². The van der Waals surface area contributed by atoms with Crippen LogP contribution in [-0.2, 0) is 9.59 Å². The summed E-state index contributed by atoms with van der Waals surface area (Å²) in [7, 11) is 1.56. The molecule has 1 fully saturated rings. The molecular weight excluding hydrogens is 496 g/mol. The van der Waals surface area contributed by atoms with Gasteiger partial charge in [-0.25, -0.2) is 0 Å². The smallest absolute Gasteiger partial charge is 0.270 e. The van der Waals surface area contributed by atoms with Crippen LogP contribution in [0.1, 0.15) is 12.5 Å². The number of para-hydroxylation sites is 1. The van der Waals surface area contributed by atoms with Gasteiger partial charge in [0, 0.05) is 11.8 Å². The molecule has 0 saturated carbocycles. The second kappa shape index (κ2) is 11.7. The maximum atomic E-state index is 13.0.